The summed E-state index contributed by atoms with van der Waals surface area (Å²) in [6.45, 7) is 0. The maximum atomic E-state index is 8.61. The molecule has 0 radical (unpaired) electrons. The Balaban J connectivity index is 1.23. The minimum absolute atomic E-state index is 0.103. The highest BCUT2D eigenvalue weighted by Crippen LogP contribution is 2.45. The van der Waals surface area contributed by atoms with Crippen molar-refractivity contribution in [3.8, 4) is 27.9 Å². The van der Waals surface area contributed by atoms with Crippen LogP contribution < -0.4 is 4.90 Å². The van der Waals surface area contributed by atoms with Gasteiger partial charge in [-0.2, -0.15) is 0 Å². The first-order valence-corrected chi connectivity index (χ1v) is 17.0. The Labute approximate surface area is 317 Å². The van der Waals surface area contributed by atoms with E-state index < -0.39 is 36.3 Å². The molecule has 0 saturated carbocycles. The van der Waals surface area contributed by atoms with Gasteiger partial charge in [0.25, 0.3) is 0 Å². The molecule has 52 heavy (non-hydrogen) atoms. The summed E-state index contributed by atoms with van der Waals surface area (Å²) in [5, 5.41) is 6.61. The van der Waals surface area contributed by atoms with Gasteiger partial charge in [-0.15, -0.1) is 0 Å². The number of fused-ring (bicyclic) bond motifs is 8. The van der Waals surface area contributed by atoms with Crippen LogP contribution in [0.25, 0.3) is 71.3 Å². The van der Waals surface area contributed by atoms with Crippen LogP contribution in [0.4, 0.5) is 17.1 Å². The van der Waals surface area contributed by atoms with Crippen molar-refractivity contribution in [1.82, 2.24) is 4.57 Å². The molecule has 0 aliphatic rings. The Hall–Kier alpha value is -6.90. The fraction of sp³-hybridized carbons (Fsp3) is 0. The van der Waals surface area contributed by atoms with E-state index in [1.165, 1.54) is 0 Å². The highest BCUT2D eigenvalue weighted by molar-refractivity contribution is 6.32. The zero-order valence-electron chi connectivity index (χ0n) is 37.8. The van der Waals surface area contributed by atoms with Gasteiger partial charge in [0.2, 0.25) is 0 Å². The lowest BCUT2D eigenvalue weighted by molar-refractivity contribution is 1.18. The summed E-state index contributed by atoms with van der Waals surface area (Å²) in [4.78, 5) is 2.05. The van der Waals surface area contributed by atoms with Gasteiger partial charge < -0.3 is 9.47 Å². The first-order chi connectivity index (χ1) is 30.0. The van der Waals surface area contributed by atoms with Crippen molar-refractivity contribution < 1.29 is 13.7 Å². The van der Waals surface area contributed by atoms with Crippen LogP contribution in [-0.2, 0) is 0 Å². The summed E-state index contributed by atoms with van der Waals surface area (Å²) in [6.07, 6.45) is 0. The molecule has 0 N–H and O–H groups in total. The average molecular weight is 673 g/mol. The second kappa shape index (κ2) is 12.5. The van der Waals surface area contributed by atoms with E-state index >= 15 is 0 Å². The standard InChI is InChI=1S/C50H34N2/c1-4-14-35(15-5-1)37-24-28-40(29-25-37)51(41-30-26-38(27-31-41)36-16-6-2-7-17-36)42-32-33-48-47(34-42)49-45-22-12-10-20-43(45)44-21-11-13-23-46(44)50(49)52(48)39-18-8-3-9-19-39/h1-34H/i1D,2D,4D,5D,6D,7D,14D,15D,16D,17D. The molecule has 9 aromatic carbocycles. The van der Waals surface area contributed by atoms with E-state index in [1.807, 2.05) is 47.4 Å². The average Bonchev–Trinajstić information content (AvgIpc) is 3.65. The lowest BCUT2D eigenvalue weighted by Gasteiger charge is -2.26. The predicted octanol–water partition coefficient (Wildman–Crippen LogP) is 13.9. The van der Waals surface area contributed by atoms with Crippen molar-refractivity contribution in [3.05, 3.63) is 206 Å². The number of nitrogens with zero attached hydrogens (tertiary/aromatic N) is 2. The minimum atomic E-state index is -0.455. The zero-order valence-corrected chi connectivity index (χ0v) is 27.8. The van der Waals surface area contributed by atoms with E-state index in [0.717, 1.165) is 54.7 Å². The molecule has 0 spiro atoms. The zero-order chi connectivity index (χ0) is 43.1. The second-order valence-electron chi connectivity index (χ2n) is 12.6. The monoisotopic (exact) mass is 672 g/mol. The molecule has 244 valence electrons. The summed E-state index contributed by atoms with van der Waals surface area (Å²) in [5.74, 6) is 0. The molecular formula is C50H34N2. The van der Waals surface area contributed by atoms with Gasteiger partial charge in [-0.05, 0) is 93.0 Å². The third-order valence-electron chi connectivity index (χ3n) is 9.72. The van der Waals surface area contributed by atoms with E-state index in [9.17, 15) is 0 Å². The summed E-state index contributed by atoms with van der Waals surface area (Å²) >= 11 is 0. The van der Waals surface area contributed by atoms with Crippen LogP contribution in [0, 0.1) is 0 Å². The van der Waals surface area contributed by atoms with Crippen molar-refractivity contribution >= 4 is 60.4 Å². The molecular weight excluding hydrogens is 629 g/mol. The van der Waals surface area contributed by atoms with Crippen LogP contribution in [0.1, 0.15) is 13.7 Å². The molecule has 0 aliphatic heterocycles. The van der Waals surface area contributed by atoms with E-state index in [1.54, 1.807) is 24.3 Å². The number of hydrogen-bond donors (Lipinski definition) is 0. The van der Waals surface area contributed by atoms with Gasteiger partial charge in [-0.3, -0.25) is 0 Å². The topological polar surface area (TPSA) is 8.17 Å². The molecule has 0 saturated heterocycles. The molecule has 0 fully saturated rings. The third kappa shape index (κ3) is 4.96. The predicted molar refractivity (Wildman–Crippen MR) is 221 cm³/mol. The summed E-state index contributed by atoms with van der Waals surface area (Å²) in [7, 11) is 0. The van der Waals surface area contributed by atoms with Crippen molar-refractivity contribution in [1.29, 1.82) is 0 Å². The molecule has 10 rings (SSSR count). The van der Waals surface area contributed by atoms with E-state index in [0.29, 0.717) is 22.5 Å². The highest BCUT2D eigenvalue weighted by atomic mass is 15.1. The van der Waals surface area contributed by atoms with Gasteiger partial charge in [0.15, 0.2) is 0 Å². The molecule has 0 aliphatic carbocycles. The van der Waals surface area contributed by atoms with E-state index in [-0.39, 0.29) is 35.3 Å². The van der Waals surface area contributed by atoms with Crippen LogP contribution in [0.15, 0.2) is 206 Å². The summed E-state index contributed by atoms with van der Waals surface area (Å²) in [5.41, 5.74) is 6.44. The molecule has 1 heterocycles. The number of aromatic nitrogens is 1. The summed E-state index contributed by atoms with van der Waals surface area (Å²) in [6, 6.07) is 44.2. The van der Waals surface area contributed by atoms with Crippen molar-refractivity contribution in [2.24, 2.45) is 0 Å². The number of hydrogen-bond acceptors (Lipinski definition) is 1. The Morgan fingerprint density at radius 1 is 0.385 bits per heavy atom. The Kier molecular flexibility index (Phi) is 5.11. The van der Waals surface area contributed by atoms with Crippen LogP contribution in [-0.4, -0.2) is 4.57 Å². The maximum Gasteiger partial charge on any atom is 0.0629 e. The van der Waals surface area contributed by atoms with Gasteiger partial charge in [0.1, 0.15) is 0 Å². The van der Waals surface area contributed by atoms with Crippen molar-refractivity contribution in [2.75, 3.05) is 4.90 Å². The molecule has 2 heteroatoms. The molecule has 0 amide bonds. The van der Waals surface area contributed by atoms with E-state index in [4.69, 9.17) is 13.7 Å². The molecule has 0 unspecified atom stereocenters. The molecule has 2 nitrogen and oxygen atoms in total. The fourth-order valence-corrected chi connectivity index (χ4v) is 7.44. The molecule has 0 bridgehead atoms. The number of benzene rings is 9. The minimum Gasteiger partial charge on any atom is -0.310 e. The van der Waals surface area contributed by atoms with Crippen LogP contribution in [0.2, 0.25) is 0 Å². The van der Waals surface area contributed by atoms with Crippen LogP contribution in [0.3, 0.4) is 0 Å². The fourth-order valence-electron chi connectivity index (χ4n) is 7.44. The lowest BCUT2D eigenvalue weighted by atomic mass is 9.96. The second-order valence-corrected chi connectivity index (χ2v) is 12.6. The molecule has 10 aromatic rings. The van der Waals surface area contributed by atoms with Crippen LogP contribution in [0.5, 0.6) is 0 Å². The SMILES string of the molecule is [2H]c1c([2H])c([2H])c(-c2ccc(N(c3ccc(-c4c([2H])c([2H])c([2H])c([2H])c4[2H])cc3)c3ccc4c(c3)c3c5ccccc5c5ccccc5c3n4-c3ccccc3)cc2)c([2H])c1[2H]. The smallest absolute Gasteiger partial charge is 0.0629 e. The van der Waals surface area contributed by atoms with Crippen molar-refractivity contribution in [2.45, 2.75) is 0 Å². The first kappa shape index (κ1) is 21.3. The largest absolute Gasteiger partial charge is 0.310 e. The van der Waals surface area contributed by atoms with Gasteiger partial charge in [0, 0.05) is 38.9 Å². The van der Waals surface area contributed by atoms with Gasteiger partial charge in [-0.25, -0.2) is 0 Å². The normalized spacial score (nSPS) is 14.2. The number of para-hydroxylation sites is 1. The summed E-state index contributed by atoms with van der Waals surface area (Å²) < 4.78 is 86.0. The Bertz CT molecular complexity index is 3290. The van der Waals surface area contributed by atoms with Gasteiger partial charge in [0.05, 0.1) is 24.7 Å². The lowest BCUT2D eigenvalue weighted by Crippen LogP contribution is -2.10. The Morgan fingerprint density at radius 3 is 1.44 bits per heavy atom. The van der Waals surface area contributed by atoms with Gasteiger partial charge in [-0.1, -0.05) is 151 Å². The quantitative estimate of drug-likeness (QED) is 0.160. The van der Waals surface area contributed by atoms with Crippen LogP contribution >= 0.6 is 0 Å². The molecule has 1 aromatic heterocycles. The van der Waals surface area contributed by atoms with E-state index in [2.05, 4.69) is 83.4 Å². The number of anilines is 3. The van der Waals surface area contributed by atoms with Gasteiger partial charge >= 0.3 is 0 Å². The highest BCUT2D eigenvalue weighted by Gasteiger charge is 2.21. The first-order valence-electron chi connectivity index (χ1n) is 22.0. The third-order valence-corrected chi connectivity index (χ3v) is 9.72. The molecule has 0 atom stereocenters. The van der Waals surface area contributed by atoms with Crippen molar-refractivity contribution in [3.63, 3.8) is 0 Å². The maximum absolute atomic E-state index is 8.61. The number of rotatable bonds is 6. The Morgan fingerprint density at radius 2 is 0.865 bits per heavy atom.